The van der Waals surface area contributed by atoms with Gasteiger partial charge in [-0.1, -0.05) is 22.4 Å². The third kappa shape index (κ3) is 3.49. The lowest BCUT2D eigenvalue weighted by Gasteiger charge is -2.41. The van der Waals surface area contributed by atoms with E-state index in [1.807, 2.05) is 12.1 Å². The molecule has 3 rings (SSSR count). The maximum Gasteiger partial charge on any atom is 0.152 e. The van der Waals surface area contributed by atoms with E-state index in [9.17, 15) is 4.79 Å². The topological polar surface area (TPSA) is 23.6 Å². The highest BCUT2D eigenvalue weighted by Gasteiger charge is 2.26. The first-order chi connectivity index (χ1) is 10.3. The molecule has 0 amide bonds. The predicted molar refractivity (Wildman–Crippen MR) is 90.2 cm³/mol. The number of hydrogen-bond donors (Lipinski definition) is 0. The molecule has 2 heterocycles. The van der Waals surface area contributed by atoms with Gasteiger partial charge in [0.25, 0.3) is 0 Å². The number of hydrogen-bond acceptors (Lipinski definition) is 3. The highest BCUT2D eigenvalue weighted by Crippen LogP contribution is 2.28. The van der Waals surface area contributed by atoms with Gasteiger partial charge in [0.15, 0.2) is 6.29 Å². The minimum absolute atomic E-state index is 0.744. The van der Waals surface area contributed by atoms with Crippen molar-refractivity contribution in [1.82, 2.24) is 4.90 Å². The average Bonchev–Trinajstić information content (AvgIpc) is 2.56. The van der Waals surface area contributed by atoms with E-state index in [1.54, 1.807) is 0 Å². The SMILES string of the molecule is O=Cc1ccc(Br)cc1N1CCC(N2CCCCC2)CC1. The van der Waals surface area contributed by atoms with Crippen LogP contribution in [0.15, 0.2) is 22.7 Å². The molecule has 1 aromatic carbocycles. The Morgan fingerprint density at radius 3 is 2.43 bits per heavy atom. The van der Waals surface area contributed by atoms with E-state index in [0.717, 1.165) is 41.1 Å². The van der Waals surface area contributed by atoms with E-state index in [4.69, 9.17) is 0 Å². The zero-order chi connectivity index (χ0) is 14.7. The molecule has 21 heavy (non-hydrogen) atoms. The summed E-state index contributed by atoms with van der Waals surface area (Å²) in [6.45, 7) is 4.67. The van der Waals surface area contributed by atoms with E-state index in [0.29, 0.717) is 0 Å². The molecule has 114 valence electrons. The molecule has 0 aliphatic carbocycles. The second kappa shape index (κ2) is 6.93. The number of benzene rings is 1. The third-order valence-corrected chi connectivity index (χ3v) is 5.32. The van der Waals surface area contributed by atoms with E-state index in [-0.39, 0.29) is 0 Å². The van der Waals surface area contributed by atoms with Crippen LogP contribution in [0, 0.1) is 0 Å². The monoisotopic (exact) mass is 350 g/mol. The largest absolute Gasteiger partial charge is 0.371 e. The molecule has 4 heteroatoms. The van der Waals surface area contributed by atoms with Crippen molar-refractivity contribution in [2.75, 3.05) is 31.1 Å². The Morgan fingerprint density at radius 1 is 1.05 bits per heavy atom. The van der Waals surface area contributed by atoms with Crippen molar-refractivity contribution >= 4 is 27.9 Å². The lowest BCUT2D eigenvalue weighted by molar-refractivity contribution is 0.112. The molecule has 2 aliphatic rings. The van der Waals surface area contributed by atoms with Crippen molar-refractivity contribution < 1.29 is 4.79 Å². The fourth-order valence-corrected chi connectivity index (χ4v) is 3.99. The van der Waals surface area contributed by atoms with Crippen molar-refractivity contribution in [1.29, 1.82) is 0 Å². The first kappa shape index (κ1) is 15.0. The Bertz CT molecular complexity index is 492. The lowest BCUT2D eigenvalue weighted by atomic mass is 9.99. The van der Waals surface area contributed by atoms with Gasteiger partial charge in [0.2, 0.25) is 0 Å². The standard InChI is InChI=1S/C17H23BrN2O/c18-15-5-4-14(13-21)17(12-15)20-10-6-16(7-11-20)19-8-2-1-3-9-19/h4-5,12-13,16H,1-3,6-11H2. The van der Waals surface area contributed by atoms with E-state index < -0.39 is 0 Å². The molecule has 0 unspecified atom stereocenters. The maximum atomic E-state index is 11.2. The Labute approximate surface area is 135 Å². The Balaban J connectivity index is 1.65. The number of carbonyl (C=O) groups excluding carboxylic acids is 1. The summed E-state index contributed by atoms with van der Waals surface area (Å²) in [4.78, 5) is 16.3. The maximum absolute atomic E-state index is 11.2. The van der Waals surface area contributed by atoms with Crippen molar-refractivity contribution in [3.63, 3.8) is 0 Å². The van der Waals surface area contributed by atoms with Gasteiger partial charge in [-0.2, -0.15) is 0 Å². The second-order valence-corrected chi connectivity index (χ2v) is 7.05. The summed E-state index contributed by atoms with van der Waals surface area (Å²) in [6, 6.07) is 6.66. The molecule has 2 saturated heterocycles. The van der Waals surface area contributed by atoms with Crippen molar-refractivity contribution in [2.24, 2.45) is 0 Å². The van der Waals surface area contributed by atoms with E-state index in [1.165, 1.54) is 45.2 Å². The number of rotatable bonds is 3. The van der Waals surface area contributed by atoms with Gasteiger partial charge in [-0.25, -0.2) is 0 Å². The van der Waals surface area contributed by atoms with Crippen molar-refractivity contribution in [3.8, 4) is 0 Å². The molecule has 0 atom stereocenters. The quantitative estimate of drug-likeness (QED) is 0.776. The molecule has 1 aromatic rings. The number of aldehydes is 1. The molecule has 3 nitrogen and oxygen atoms in total. The van der Waals surface area contributed by atoms with Crippen molar-refractivity contribution in [3.05, 3.63) is 28.2 Å². The molecular weight excluding hydrogens is 328 g/mol. The minimum Gasteiger partial charge on any atom is -0.371 e. The van der Waals surface area contributed by atoms with E-state index in [2.05, 4.69) is 31.8 Å². The van der Waals surface area contributed by atoms with Crippen LogP contribution >= 0.6 is 15.9 Å². The van der Waals surface area contributed by atoms with Crippen LogP contribution < -0.4 is 4.90 Å². The number of carbonyl (C=O) groups is 1. The lowest BCUT2D eigenvalue weighted by Crippen LogP contribution is -2.46. The summed E-state index contributed by atoms with van der Waals surface area (Å²) in [5.74, 6) is 0. The van der Waals surface area contributed by atoms with Crippen LogP contribution in [0.3, 0.4) is 0 Å². The summed E-state index contributed by atoms with van der Waals surface area (Å²) in [5.41, 5.74) is 1.88. The summed E-state index contributed by atoms with van der Waals surface area (Å²) >= 11 is 3.52. The number of piperidine rings is 2. The highest BCUT2D eigenvalue weighted by molar-refractivity contribution is 9.10. The average molecular weight is 351 g/mol. The van der Waals surface area contributed by atoms with Gasteiger partial charge in [-0.3, -0.25) is 4.79 Å². The van der Waals surface area contributed by atoms with Crippen LogP contribution in [0.1, 0.15) is 42.5 Å². The fraction of sp³-hybridized carbons (Fsp3) is 0.588. The highest BCUT2D eigenvalue weighted by atomic mass is 79.9. The van der Waals surface area contributed by atoms with Gasteiger partial charge < -0.3 is 9.80 Å². The van der Waals surface area contributed by atoms with Crippen LogP contribution in [0.5, 0.6) is 0 Å². The van der Waals surface area contributed by atoms with Crippen LogP contribution in [-0.2, 0) is 0 Å². The second-order valence-electron chi connectivity index (χ2n) is 6.14. The Morgan fingerprint density at radius 2 is 1.76 bits per heavy atom. The Kier molecular flexibility index (Phi) is 4.96. The van der Waals surface area contributed by atoms with E-state index >= 15 is 0 Å². The zero-order valence-corrected chi connectivity index (χ0v) is 14.0. The predicted octanol–water partition coefficient (Wildman–Crippen LogP) is 3.72. The van der Waals surface area contributed by atoms with Gasteiger partial charge >= 0.3 is 0 Å². The van der Waals surface area contributed by atoms with Crippen LogP contribution in [0.4, 0.5) is 5.69 Å². The minimum atomic E-state index is 0.744. The normalized spacial score (nSPS) is 21.5. The summed E-state index contributed by atoms with van der Waals surface area (Å²) in [6.07, 6.45) is 7.52. The smallest absolute Gasteiger partial charge is 0.152 e. The first-order valence-corrected chi connectivity index (χ1v) is 8.81. The summed E-state index contributed by atoms with van der Waals surface area (Å²) < 4.78 is 1.04. The van der Waals surface area contributed by atoms with Gasteiger partial charge in [0.1, 0.15) is 0 Å². The molecule has 0 radical (unpaired) electrons. The van der Waals surface area contributed by atoms with Gasteiger partial charge in [0, 0.05) is 34.9 Å². The number of halogens is 1. The van der Waals surface area contributed by atoms with Gasteiger partial charge in [-0.15, -0.1) is 0 Å². The summed E-state index contributed by atoms with van der Waals surface area (Å²) in [7, 11) is 0. The summed E-state index contributed by atoms with van der Waals surface area (Å²) in [5, 5.41) is 0. The number of likely N-dealkylation sites (tertiary alicyclic amines) is 1. The molecule has 0 aromatic heterocycles. The fourth-order valence-electron chi connectivity index (χ4n) is 3.65. The zero-order valence-electron chi connectivity index (χ0n) is 12.4. The molecular formula is C17H23BrN2O. The number of nitrogens with zero attached hydrogens (tertiary/aromatic N) is 2. The van der Waals surface area contributed by atoms with Gasteiger partial charge in [-0.05, 0) is 57.0 Å². The Hall–Kier alpha value is -0.870. The molecule has 0 spiro atoms. The molecule has 2 fully saturated rings. The van der Waals surface area contributed by atoms with Crippen LogP contribution in [0.2, 0.25) is 0 Å². The molecule has 0 N–H and O–H groups in total. The third-order valence-electron chi connectivity index (χ3n) is 4.83. The van der Waals surface area contributed by atoms with Crippen LogP contribution in [-0.4, -0.2) is 43.4 Å². The van der Waals surface area contributed by atoms with Crippen molar-refractivity contribution in [2.45, 2.75) is 38.1 Å². The molecule has 2 aliphatic heterocycles. The molecule has 0 bridgehead atoms. The first-order valence-electron chi connectivity index (χ1n) is 8.01. The van der Waals surface area contributed by atoms with Gasteiger partial charge in [0.05, 0.1) is 0 Å². The molecule has 0 saturated carbocycles. The van der Waals surface area contributed by atoms with Crippen LogP contribution in [0.25, 0.3) is 0 Å². The number of anilines is 1.